The highest BCUT2D eigenvalue weighted by Crippen LogP contribution is 2.30. The quantitative estimate of drug-likeness (QED) is 0.0615. The second kappa shape index (κ2) is 25.5. The Morgan fingerprint density at radius 2 is 0.816 bits per heavy atom. The molecule has 49 heavy (non-hydrogen) atoms. The van der Waals surface area contributed by atoms with Crippen LogP contribution in [0.5, 0.6) is 0 Å². The van der Waals surface area contributed by atoms with Crippen molar-refractivity contribution < 1.29 is 54.4 Å². The number of rotatable bonds is 26. The van der Waals surface area contributed by atoms with Crippen LogP contribution in [0.4, 0.5) is 0 Å². The predicted molar refractivity (Wildman–Crippen MR) is 184 cm³/mol. The van der Waals surface area contributed by atoms with Crippen LogP contribution in [0.3, 0.4) is 0 Å². The van der Waals surface area contributed by atoms with E-state index in [2.05, 4.69) is 24.5 Å². The molecule has 0 aromatic heterocycles. The number of hydrogen-bond donors (Lipinski definition) is 8. The van der Waals surface area contributed by atoms with Gasteiger partial charge in [0.25, 0.3) is 0 Å². The minimum atomic E-state index is -1.73. The lowest BCUT2D eigenvalue weighted by molar-refractivity contribution is -0.374. The number of aliphatic hydroxyl groups is 6. The Hall–Kier alpha value is -1.42. The first-order chi connectivity index (χ1) is 23.6. The Bertz CT molecular complexity index is 816. The van der Waals surface area contributed by atoms with Crippen molar-refractivity contribution in [2.24, 2.45) is 0 Å². The molecule has 10 unspecified atom stereocenters. The molecule has 0 aromatic rings. The molecule has 0 aliphatic carbocycles. The molecule has 0 saturated carbocycles. The molecule has 2 fully saturated rings. The van der Waals surface area contributed by atoms with E-state index in [0.29, 0.717) is 13.1 Å². The van der Waals surface area contributed by atoms with E-state index in [-0.39, 0.29) is 37.5 Å². The zero-order valence-electron chi connectivity index (χ0n) is 30.1. The number of hydrogen-bond acceptors (Lipinski definition) is 11. The first kappa shape index (κ1) is 43.7. The van der Waals surface area contributed by atoms with Crippen molar-refractivity contribution in [2.45, 2.75) is 204 Å². The van der Waals surface area contributed by atoms with E-state index in [1.807, 2.05) is 0 Å². The molecule has 2 amide bonds. The maximum atomic E-state index is 12.4. The summed E-state index contributed by atoms with van der Waals surface area (Å²) in [6.07, 6.45) is 3.37. The van der Waals surface area contributed by atoms with Gasteiger partial charge in [-0.15, -0.1) is 0 Å². The minimum absolute atomic E-state index is 0.00489. The first-order valence-corrected chi connectivity index (χ1v) is 19.2. The topological polar surface area (TPSA) is 207 Å². The van der Waals surface area contributed by atoms with Crippen LogP contribution in [-0.2, 0) is 23.8 Å². The summed E-state index contributed by atoms with van der Waals surface area (Å²) >= 11 is 0. The van der Waals surface area contributed by atoms with Crippen LogP contribution < -0.4 is 10.6 Å². The second-order valence-electron chi connectivity index (χ2n) is 13.9. The standard InChI is InChI=1S/C36H68N2O11/c1-3-5-7-9-11-13-15-17-23-37-27(39)21-19-25-29(41)31(43)33(45)35(47-25)49-36-34(46)32(44)30(42)26(48-36)20-22-28(40)38-24-18-16-14-12-10-8-6-4-2/h25-26,29-36,41-46H,3-24H2,1-2H3,(H,37,39)(H,38,40). The highest BCUT2D eigenvalue weighted by Gasteiger charge is 2.49. The average Bonchev–Trinajstić information content (AvgIpc) is 3.09. The lowest BCUT2D eigenvalue weighted by atomic mass is 9.94. The summed E-state index contributed by atoms with van der Waals surface area (Å²) in [5.74, 6) is -0.464. The van der Waals surface area contributed by atoms with E-state index in [1.54, 1.807) is 0 Å². The van der Waals surface area contributed by atoms with E-state index in [4.69, 9.17) is 14.2 Å². The number of carbonyl (C=O) groups excluding carboxylic acids is 2. The molecule has 288 valence electrons. The number of ether oxygens (including phenoxy) is 3. The monoisotopic (exact) mass is 704 g/mol. The highest BCUT2D eigenvalue weighted by atomic mass is 16.8. The van der Waals surface area contributed by atoms with Crippen LogP contribution in [0.2, 0.25) is 0 Å². The van der Waals surface area contributed by atoms with Crippen molar-refractivity contribution in [1.82, 2.24) is 10.6 Å². The normalized spacial score (nSPS) is 30.3. The van der Waals surface area contributed by atoms with Crippen LogP contribution >= 0.6 is 0 Å². The van der Waals surface area contributed by atoms with Crippen LogP contribution in [-0.4, -0.2) is 117 Å². The van der Waals surface area contributed by atoms with Gasteiger partial charge in [0.15, 0.2) is 12.6 Å². The Kier molecular flexibility index (Phi) is 22.8. The molecule has 0 spiro atoms. The van der Waals surface area contributed by atoms with E-state index in [1.165, 1.54) is 64.2 Å². The Labute approximate surface area is 293 Å². The van der Waals surface area contributed by atoms with E-state index >= 15 is 0 Å². The van der Waals surface area contributed by atoms with Crippen molar-refractivity contribution in [2.75, 3.05) is 13.1 Å². The number of carbonyl (C=O) groups is 2. The summed E-state index contributed by atoms with van der Waals surface area (Å²) in [6, 6.07) is 0. The van der Waals surface area contributed by atoms with Gasteiger partial charge >= 0.3 is 0 Å². The summed E-state index contributed by atoms with van der Waals surface area (Å²) in [7, 11) is 0. The minimum Gasteiger partial charge on any atom is -0.388 e. The fraction of sp³-hybridized carbons (Fsp3) is 0.944. The molecule has 13 heteroatoms. The highest BCUT2D eigenvalue weighted by molar-refractivity contribution is 5.76. The van der Waals surface area contributed by atoms with Crippen molar-refractivity contribution >= 4 is 11.8 Å². The van der Waals surface area contributed by atoms with Crippen LogP contribution in [0.1, 0.15) is 142 Å². The molecule has 2 aliphatic heterocycles. The molecule has 2 rings (SSSR count). The lowest BCUT2D eigenvalue weighted by Crippen LogP contribution is -2.63. The van der Waals surface area contributed by atoms with Gasteiger partial charge in [0, 0.05) is 25.9 Å². The van der Waals surface area contributed by atoms with Crippen molar-refractivity contribution in [3.8, 4) is 0 Å². The van der Waals surface area contributed by atoms with Gasteiger partial charge in [-0.25, -0.2) is 0 Å². The number of unbranched alkanes of at least 4 members (excludes halogenated alkanes) is 14. The van der Waals surface area contributed by atoms with Gasteiger partial charge < -0.3 is 55.5 Å². The third-order valence-corrected chi connectivity index (χ3v) is 9.62. The number of aliphatic hydroxyl groups excluding tert-OH is 6. The third kappa shape index (κ3) is 16.6. The average molecular weight is 705 g/mol. The van der Waals surface area contributed by atoms with Crippen LogP contribution in [0, 0.1) is 0 Å². The number of amides is 2. The van der Waals surface area contributed by atoms with Gasteiger partial charge in [0.2, 0.25) is 11.8 Å². The first-order valence-electron chi connectivity index (χ1n) is 19.2. The SMILES string of the molecule is CCCCCCCCCCNC(=O)CCC1OC(OC2OC(CCC(=O)NCCCCCCCCCC)C(O)C(O)C2O)C(O)C(O)C1O. The summed E-state index contributed by atoms with van der Waals surface area (Å²) in [6.45, 7) is 5.47. The smallest absolute Gasteiger partial charge is 0.220 e. The number of nitrogens with one attached hydrogen (secondary N) is 2. The Morgan fingerprint density at radius 1 is 0.490 bits per heavy atom. The fourth-order valence-corrected chi connectivity index (χ4v) is 6.36. The van der Waals surface area contributed by atoms with E-state index in [0.717, 1.165) is 38.5 Å². The molecule has 13 nitrogen and oxygen atoms in total. The van der Waals surface area contributed by atoms with Gasteiger partial charge in [-0.1, -0.05) is 104 Å². The van der Waals surface area contributed by atoms with E-state index < -0.39 is 61.4 Å². The maximum Gasteiger partial charge on any atom is 0.220 e. The van der Waals surface area contributed by atoms with E-state index in [9.17, 15) is 40.2 Å². The van der Waals surface area contributed by atoms with Gasteiger partial charge in [-0.2, -0.15) is 0 Å². The van der Waals surface area contributed by atoms with Gasteiger partial charge in [-0.3, -0.25) is 9.59 Å². The van der Waals surface area contributed by atoms with Crippen LogP contribution in [0.15, 0.2) is 0 Å². The molecule has 2 saturated heterocycles. The molecule has 0 radical (unpaired) electrons. The summed E-state index contributed by atoms with van der Waals surface area (Å²) < 4.78 is 17.1. The maximum absolute atomic E-state index is 12.4. The van der Waals surface area contributed by atoms with Gasteiger partial charge in [0.1, 0.15) is 36.6 Å². The van der Waals surface area contributed by atoms with Crippen molar-refractivity contribution in [3.63, 3.8) is 0 Å². The molecule has 2 aliphatic rings. The molecular weight excluding hydrogens is 636 g/mol. The molecule has 2 heterocycles. The predicted octanol–water partition coefficient (Wildman–Crippen LogP) is 2.69. The molecule has 8 N–H and O–H groups in total. The Morgan fingerprint density at radius 3 is 1.16 bits per heavy atom. The van der Waals surface area contributed by atoms with Gasteiger partial charge in [-0.05, 0) is 25.7 Å². The summed E-state index contributed by atoms with van der Waals surface area (Å²) in [5, 5.41) is 68.9. The second-order valence-corrected chi connectivity index (χ2v) is 13.9. The lowest BCUT2D eigenvalue weighted by Gasteiger charge is -2.45. The summed E-state index contributed by atoms with van der Waals surface area (Å²) in [4.78, 5) is 24.8. The zero-order chi connectivity index (χ0) is 36.0. The molecule has 0 bridgehead atoms. The molecule has 10 atom stereocenters. The van der Waals surface area contributed by atoms with Crippen LogP contribution in [0.25, 0.3) is 0 Å². The molecular formula is C36H68N2O11. The molecule has 0 aromatic carbocycles. The van der Waals surface area contributed by atoms with Gasteiger partial charge in [0.05, 0.1) is 12.2 Å². The Balaban J connectivity index is 1.76. The largest absolute Gasteiger partial charge is 0.388 e. The zero-order valence-corrected chi connectivity index (χ0v) is 30.1. The third-order valence-electron chi connectivity index (χ3n) is 9.62. The van der Waals surface area contributed by atoms with Crippen molar-refractivity contribution in [1.29, 1.82) is 0 Å². The fourth-order valence-electron chi connectivity index (χ4n) is 6.36. The van der Waals surface area contributed by atoms with Crippen molar-refractivity contribution in [3.05, 3.63) is 0 Å². The summed E-state index contributed by atoms with van der Waals surface area (Å²) in [5.41, 5.74) is 0.